The smallest absolute Gasteiger partial charge is 0.226 e. The van der Waals surface area contributed by atoms with E-state index in [1.165, 1.54) is 19.5 Å². The van der Waals surface area contributed by atoms with E-state index in [9.17, 15) is 0 Å². The monoisotopic (exact) mass is 390 g/mol. The van der Waals surface area contributed by atoms with Crippen LogP contribution in [0.1, 0.15) is 45.2 Å². The molecule has 6 heteroatoms. The molecule has 0 spiro atoms. The van der Waals surface area contributed by atoms with Crippen molar-refractivity contribution in [2.45, 2.75) is 39.5 Å². The van der Waals surface area contributed by atoms with E-state index in [2.05, 4.69) is 48.1 Å². The van der Waals surface area contributed by atoms with E-state index in [1.807, 2.05) is 0 Å². The summed E-state index contributed by atoms with van der Waals surface area (Å²) in [5.41, 5.74) is 0. The van der Waals surface area contributed by atoms with Crippen molar-refractivity contribution < 1.29 is 9.47 Å². The van der Waals surface area contributed by atoms with Gasteiger partial charge < -0.3 is 9.47 Å². The highest BCUT2D eigenvalue weighted by Crippen LogP contribution is 2.19. The third-order valence-corrected chi connectivity index (χ3v) is 5.97. The number of ether oxygens (including phenoxy) is 2. The highest BCUT2D eigenvalue weighted by molar-refractivity contribution is 7.14. The molecule has 2 aliphatic heterocycles. The van der Waals surface area contributed by atoms with Crippen molar-refractivity contribution in [2.75, 3.05) is 26.3 Å². The van der Waals surface area contributed by atoms with Gasteiger partial charge in [-0.2, -0.15) is 0 Å². The minimum atomic E-state index is 0.815. The van der Waals surface area contributed by atoms with Gasteiger partial charge in [0, 0.05) is 22.8 Å². The molecule has 0 aliphatic carbocycles. The Balaban J connectivity index is 0.000000151. The molecule has 0 saturated carbocycles. The summed E-state index contributed by atoms with van der Waals surface area (Å²) in [4.78, 5) is 13.8. The van der Waals surface area contributed by atoms with Crippen molar-refractivity contribution in [1.29, 1.82) is 0 Å². The second kappa shape index (κ2) is 9.88. The molecule has 0 aromatic carbocycles. The lowest BCUT2D eigenvalue weighted by molar-refractivity contribution is 0.306. The Morgan fingerprint density at radius 1 is 0.692 bits per heavy atom. The first-order valence-corrected chi connectivity index (χ1v) is 10.8. The van der Waals surface area contributed by atoms with Gasteiger partial charge in [0.25, 0.3) is 0 Å². The molecule has 0 amide bonds. The molecule has 2 aromatic rings. The van der Waals surface area contributed by atoms with Crippen molar-refractivity contribution >= 4 is 34.5 Å². The fourth-order valence-electron chi connectivity index (χ4n) is 2.61. The average molecular weight is 391 g/mol. The van der Waals surface area contributed by atoms with Crippen LogP contribution in [0.25, 0.3) is 0 Å². The van der Waals surface area contributed by atoms with Crippen LogP contribution in [0, 0.1) is 13.8 Å². The van der Waals surface area contributed by atoms with Crippen molar-refractivity contribution in [2.24, 2.45) is 9.98 Å². The molecule has 2 aromatic heterocycles. The van der Waals surface area contributed by atoms with E-state index in [4.69, 9.17) is 9.47 Å². The Bertz CT molecular complexity index is 697. The van der Waals surface area contributed by atoms with Crippen LogP contribution in [0.4, 0.5) is 0 Å². The van der Waals surface area contributed by atoms with Gasteiger partial charge in [0.15, 0.2) is 0 Å². The third-order valence-electron chi connectivity index (χ3n) is 4.00. The van der Waals surface area contributed by atoms with E-state index in [0.29, 0.717) is 0 Å². The molecular weight excluding hydrogens is 364 g/mol. The number of thiophene rings is 2. The number of nitrogens with zero attached hydrogens (tertiary/aromatic N) is 2. The van der Waals surface area contributed by atoms with Gasteiger partial charge in [-0.05, 0) is 63.8 Å². The van der Waals surface area contributed by atoms with Crippen LogP contribution < -0.4 is 0 Å². The molecule has 26 heavy (non-hydrogen) atoms. The lowest BCUT2D eigenvalue weighted by atomic mass is 10.3. The maximum atomic E-state index is 5.56. The van der Waals surface area contributed by atoms with Crippen LogP contribution in [0.5, 0.6) is 0 Å². The van der Waals surface area contributed by atoms with E-state index in [0.717, 1.165) is 63.8 Å². The molecule has 2 aliphatic rings. The number of aliphatic imine (C=N–C) groups is 2. The highest BCUT2D eigenvalue weighted by atomic mass is 32.1. The van der Waals surface area contributed by atoms with Crippen molar-refractivity contribution in [1.82, 2.24) is 0 Å². The molecule has 0 fully saturated rings. The molecule has 0 bridgehead atoms. The summed E-state index contributed by atoms with van der Waals surface area (Å²) in [5.74, 6) is 1.69. The van der Waals surface area contributed by atoms with Crippen LogP contribution in [0.3, 0.4) is 0 Å². The number of rotatable bonds is 2. The zero-order valence-corrected chi connectivity index (χ0v) is 17.1. The Hall–Kier alpha value is -1.66. The molecule has 0 atom stereocenters. The van der Waals surface area contributed by atoms with Gasteiger partial charge in [-0.25, -0.2) is 0 Å². The fourth-order valence-corrected chi connectivity index (χ4v) is 4.27. The molecule has 4 heterocycles. The first kappa shape index (κ1) is 19.1. The Kier molecular flexibility index (Phi) is 7.26. The van der Waals surface area contributed by atoms with E-state index < -0.39 is 0 Å². The zero-order chi connectivity index (χ0) is 18.2. The Labute approximate surface area is 163 Å². The lowest BCUT2D eigenvalue weighted by Gasteiger charge is -2.02. The lowest BCUT2D eigenvalue weighted by Crippen LogP contribution is -2.03. The summed E-state index contributed by atoms with van der Waals surface area (Å²) < 4.78 is 11.1. The summed E-state index contributed by atoms with van der Waals surface area (Å²) in [6.07, 6.45) is 4.54. The molecule has 4 rings (SSSR count). The van der Waals surface area contributed by atoms with Crippen LogP contribution >= 0.6 is 22.7 Å². The molecular formula is C20H26N2O2S2. The number of hydrogen-bond donors (Lipinski definition) is 0. The zero-order valence-electron chi connectivity index (χ0n) is 15.5. The van der Waals surface area contributed by atoms with Crippen LogP contribution in [0.15, 0.2) is 34.3 Å². The standard InChI is InChI=1S/2C10H13NOS/c2*1-8-4-5-9(13-8)10-11-6-2-3-7-12-10/h2*4-5H,2-3,6-7H2,1H3. The largest absolute Gasteiger partial charge is 0.477 e. The third kappa shape index (κ3) is 5.68. The van der Waals surface area contributed by atoms with Gasteiger partial charge in [0.05, 0.1) is 23.0 Å². The van der Waals surface area contributed by atoms with Gasteiger partial charge in [-0.3, -0.25) is 9.98 Å². The van der Waals surface area contributed by atoms with E-state index in [-0.39, 0.29) is 0 Å². The topological polar surface area (TPSA) is 43.2 Å². The Morgan fingerprint density at radius 2 is 1.15 bits per heavy atom. The average Bonchev–Trinajstić information content (AvgIpc) is 3.06. The van der Waals surface area contributed by atoms with Crippen LogP contribution in [-0.2, 0) is 9.47 Å². The van der Waals surface area contributed by atoms with Gasteiger partial charge in [-0.15, -0.1) is 22.7 Å². The normalized spacial score (nSPS) is 17.5. The van der Waals surface area contributed by atoms with Crippen molar-refractivity contribution in [3.8, 4) is 0 Å². The molecule has 0 radical (unpaired) electrons. The van der Waals surface area contributed by atoms with Gasteiger partial charge >= 0.3 is 0 Å². The van der Waals surface area contributed by atoms with Gasteiger partial charge in [0.2, 0.25) is 11.8 Å². The summed E-state index contributed by atoms with van der Waals surface area (Å²) in [5, 5.41) is 0. The second-order valence-electron chi connectivity index (χ2n) is 6.31. The minimum Gasteiger partial charge on any atom is -0.477 e. The van der Waals surface area contributed by atoms with Crippen molar-refractivity contribution in [3.63, 3.8) is 0 Å². The molecule has 140 valence electrons. The maximum absolute atomic E-state index is 5.56. The quantitative estimate of drug-likeness (QED) is 0.705. The van der Waals surface area contributed by atoms with Crippen molar-refractivity contribution in [3.05, 3.63) is 43.8 Å². The number of aryl methyl sites for hydroxylation is 2. The predicted octanol–water partition coefficient (Wildman–Crippen LogP) is 5.23. The molecule has 4 nitrogen and oxygen atoms in total. The Morgan fingerprint density at radius 3 is 1.54 bits per heavy atom. The maximum Gasteiger partial charge on any atom is 0.226 e. The molecule has 0 unspecified atom stereocenters. The summed E-state index contributed by atoms with van der Waals surface area (Å²) in [6.45, 7) is 7.65. The van der Waals surface area contributed by atoms with Crippen LogP contribution in [0.2, 0.25) is 0 Å². The predicted molar refractivity (Wildman–Crippen MR) is 111 cm³/mol. The second-order valence-corrected chi connectivity index (χ2v) is 8.88. The summed E-state index contributed by atoms with van der Waals surface area (Å²) in [6, 6.07) is 8.39. The summed E-state index contributed by atoms with van der Waals surface area (Å²) >= 11 is 3.50. The first-order valence-electron chi connectivity index (χ1n) is 9.20. The van der Waals surface area contributed by atoms with Gasteiger partial charge in [0.1, 0.15) is 0 Å². The number of hydrogen-bond acceptors (Lipinski definition) is 6. The van der Waals surface area contributed by atoms with Crippen LogP contribution in [-0.4, -0.2) is 38.1 Å². The van der Waals surface area contributed by atoms with E-state index in [1.54, 1.807) is 22.7 Å². The van der Waals surface area contributed by atoms with E-state index >= 15 is 0 Å². The first-order chi connectivity index (χ1) is 12.7. The fraction of sp³-hybridized carbons (Fsp3) is 0.500. The molecule has 0 N–H and O–H groups in total. The van der Waals surface area contributed by atoms with Gasteiger partial charge in [-0.1, -0.05) is 0 Å². The molecule has 0 saturated heterocycles. The minimum absolute atomic E-state index is 0.815. The SMILES string of the molecule is Cc1ccc(C2=NCCCCO2)s1.Cc1ccc(C2=NCCCCO2)s1. The summed E-state index contributed by atoms with van der Waals surface area (Å²) in [7, 11) is 0. The highest BCUT2D eigenvalue weighted by Gasteiger charge is 2.10.